The van der Waals surface area contributed by atoms with Gasteiger partial charge in [0.05, 0.1) is 6.42 Å². The first kappa shape index (κ1) is 14.9. The number of carbonyl (C=O) groups is 2. The summed E-state index contributed by atoms with van der Waals surface area (Å²) in [7, 11) is 0. The van der Waals surface area contributed by atoms with E-state index in [9.17, 15) is 9.59 Å². The standard InChI is InChI=1S/C12H23NO3/c1-4-6-10(3)9-11(14)13(5-2)8-7-12(15)16/h10H,4-9H2,1-3H3,(H,15,16). The number of rotatable bonds is 8. The fraction of sp³-hybridized carbons (Fsp3) is 0.833. The van der Waals surface area contributed by atoms with Crippen molar-refractivity contribution in [2.24, 2.45) is 5.92 Å². The molecule has 0 aliphatic rings. The molecule has 0 saturated heterocycles. The van der Waals surface area contributed by atoms with Gasteiger partial charge in [-0.1, -0.05) is 26.7 Å². The van der Waals surface area contributed by atoms with Crippen LogP contribution in [-0.4, -0.2) is 35.0 Å². The quantitative estimate of drug-likeness (QED) is 0.693. The lowest BCUT2D eigenvalue weighted by molar-refractivity contribution is -0.138. The summed E-state index contributed by atoms with van der Waals surface area (Å²) < 4.78 is 0. The van der Waals surface area contributed by atoms with E-state index in [1.165, 1.54) is 0 Å². The lowest BCUT2D eigenvalue weighted by Crippen LogP contribution is -2.33. The van der Waals surface area contributed by atoms with Crippen molar-refractivity contribution in [2.45, 2.75) is 46.5 Å². The largest absolute Gasteiger partial charge is 0.481 e. The number of carboxylic acids is 1. The molecule has 0 rings (SSSR count). The highest BCUT2D eigenvalue weighted by Crippen LogP contribution is 2.12. The topological polar surface area (TPSA) is 57.6 Å². The molecule has 0 aliphatic carbocycles. The maximum Gasteiger partial charge on any atom is 0.305 e. The fourth-order valence-electron chi connectivity index (χ4n) is 1.71. The molecular formula is C12H23NO3. The van der Waals surface area contributed by atoms with Gasteiger partial charge in [0.1, 0.15) is 0 Å². The molecular weight excluding hydrogens is 206 g/mol. The van der Waals surface area contributed by atoms with Gasteiger partial charge in [0.2, 0.25) is 5.91 Å². The number of hydrogen-bond acceptors (Lipinski definition) is 2. The predicted octanol–water partition coefficient (Wildman–Crippen LogP) is 2.14. The Balaban J connectivity index is 4.04. The Morgan fingerprint density at radius 3 is 2.38 bits per heavy atom. The van der Waals surface area contributed by atoms with Gasteiger partial charge in [-0.3, -0.25) is 9.59 Å². The van der Waals surface area contributed by atoms with Gasteiger partial charge in [-0.2, -0.15) is 0 Å². The maximum atomic E-state index is 11.8. The summed E-state index contributed by atoms with van der Waals surface area (Å²) in [4.78, 5) is 23.9. The van der Waals surface area contributed by atoms with E-state index in [-0.39, 0.29) is 12.3 Å². The van der Waals surface area contributed by atoms with Gasteiger partial charge in [-0.25, -0.2) is 0 Å². The molecule has 1 atom stereocenters. The molecule has 0 aliphatic heterocycles. The lowest BCUT2D eigenvalue weighted by atomic mass is 10.0. The Labute approximate surface area is 97.6 Å². The van der Waals surface area contributed by atoms with E-state index in [4.69, 9.17) is 5.11 Å². The third-order valence-electron chi connectivity index (χ3n) is 2.63. The fourth-order valence-corrected chi connectivity index (χ4v) is 1.71. The first-order chi connectivity index (χ1) is 7.51. The number of aliphatic carboxylic acids is 1. The molecule has 0 heterocycles. The minimum Gasteiger partial charge on any atom is -0.481 e. The van der Waals surface area contributed by atoms with E-state index in [2.05, 4.69) is 13.8 Å². The third kappa shape index (κ3) is 6.43. The van der Waals surface area contributed by atoms with Crippen molar-refractivity contribution >= 4 is 11.9 Å². The molecule has 16 heavy (non-hydrogen) atoms. The minimum atomic E-state index is -0.854. The second-order valence-corrected chi connectivity index (χ2v) is 4.22. The number of carbonyl (C=O) groups excluding carboxylic acids is 1. The van der Waals surface area contributed by atoms with Gasteiger partial charge in [-0.15, -0.1) is 0 Å². The zero-order valence-electron chi connectivity index (χ0n) is 10.5. The molecule has 1 N–H and O–H groups in total. The zero-order chi connectivity index (χ0) is 12.6. The summed E-state index contributed by atoms with van der Waals surface area (Å²) in [6.07, 6.45) is 2.68. The molecule has 0 aromatic carbocycles. The van der Waals surface area contributed by atoms with Crippen molar-refractivity contribution in [3.8, 4) is 0 Å². The maximum absolute atomic E-state index is 11.8. The molecule has 0 aromatic rings. The highest BCUT2D eigenvalue weighted by molar-refractivity contribution is 5.77. The third-order valence-corrected chi connectivity index (χ3v) is 2.63. The van der Waals surface area contributed by atoms with Crippen LogP contribution in [0, 0.1) is 5.92 Å². The highest BCUT2D eigenvalue weighted by atomic mass is 16.4. The number of carboxylic acid groups (broad SMARTS) is 1. The Morgan fingerprint density at radius 1 is 1.31 bits per heavy atom. The Morgan fingerprint density at radius 2 is 1.94 bits per heavy atom. The molecule has 0 fully saturated rings. The average Bonchev–Trinajstić information content (AvgIpc) is 2.18. The Bertz CT molecular complexity index is 228. The SMILES string of the molecule is CCCC(C)CC(=O)N(CC)CCC(=O)O. The molecule has 0 radical (unpaired) electrons. The van der Waals surface area contributed by atoms with Crippen LogP contribution in [0.15, 0.2) is 0 Å². The van der Waals surface area contributed by atoms with Crippen molar-refractivity contribution in [1.29, 1.82) is 0 Å². The zero-order valence-corrected chi connectivity index (χ0v) is 10.5. The van der Waals surface area contributed by atoms with E-state index >= 15 is 0 Å². The summed E-state index contributed by atoms with van der Waals surface area (Å²) in [5.74, 6) is -0.395. The van der Waals surface area contributed by atoms with E-state index in [0.717, 1.165) is 12.8 Å². The lowest BCUT2D eigenvalue weighted by Gasteiger charge is -2.21. The summed E-state index contributed by atoms with van der Waals surface area (Å²) in [5, 5.41) is 8.57. The van der Waals surface area contributed by atoms with Crippen LogP contribution in [0.5, 0.6) is 0 Å². The summed E-state index contributed by atoms with van der Waals surface area (Å²) in [6, 6.07) is 0. The van der Waals surface area contributed by atoms with Crippen LogP contribution in [0.3, 0.4) is 0 Å². The van der Waals surface area contributed by atoms with Gasteiger partial charge >= 0.3 is 5.97 Å². The first-order valence-corrected chi connectivity index (χ1v) is 6.00. The van der Waals surface area contributed by atoms with Crippen LogP contribution in [0.25, 0.3) is 0 Å². The van der Waals surface area contributed by atoms with Crippen LogP contribution in [0.1, 0.15) is 46.5 Å². The van der Waals surface area contributed by atoms with Gasteiger partial charge < -0.3 is 10.0 Å². The minimum absolute atomic E-state index is 0.0295. The average molecular weight is 229 g/mol. The van der Waals surface area contributed by atoms with Crippen molar-refractivity contribution in [2.75, 3.05) is 13.1 Å². The second kappa shape index (κ2) is 8.13. The molecule has 0 bridgehead atoms. The van der Waals surface area contributed by atoms with E-state index in [1.807, 2.05) is 6.92 Å². The molecule has 4 heteroatoms. The number of hydrogen-bond donors (Lipinski definition) is 1. The second-order valence-electron chi connectivity index (χ2n) is 4.22. The molecule has 94 valence electrons. The molecule has 0 aromatic heterocycles. The molecule has 4 nitrogen and oxygen atoms in total. The highest BCUT2D eigenvalue weighted by Gasteiger charge is 2.15. The van der Waals surface area contributed by atoms with Gasteiger partial charge in [0.15, 0.2) is 0 Å². The van der Waals surface area contributed by atoms with Crippen LogP contribution >= 0.6 is 0 Å². The monoisotopic (exact) mass is 229 g/mol. The smallest absolute Gasteiger partial charge is 0.305 e. The Hall–Kier alpha value is -1.06. The summed E-state index contributed by atoms with van der Waals surface area (Å²) in [5.41, 5.74) is 0. The first-order valence-electron chi connectivity index (χ1n) is 6.00. The summed E-state index contributed by atoms with van der Waals surface area (Å²) in [6.45, 7) is 6.95. The molecule has 0 saturated carbocycles. The van der Waals surface area contributed by atoms with Crippen LogP contribution in [0.2, 0.25) is 0 Å². The van der Waals surface area contributed by atoms with Gasteiger partial charge in [0.25, 0.3) is 0 Å². The molecule has 0 spiro atoms. The number of nitrogens with zero attached hydrogens (tertiary/aromatic N) is 1. The van der Waals surface area contributed by atoms with E-state index in [1.54, 1.807) is 4.90 Å². The van der Waals surface area contributed by atoms with E-state index < -0.39 is 5.97 Å². The van der Waals surface area contributed by atoms with Crippen molar-refractivity contribution in [3.63, 3.8) is 0 Å². The summed E-state index contributed by atoms with van der Waals surface area (Å²) >= 11 is 0. The van der Waals surface area contributed by atoms with Crippen molar-refractivity contribution in [1.82, 2.24) is 4.90 Å². The van der Waals surface area contributed by atoms with Crippen molar-refractivity contribution < 1.29 is 14.7 Å². The normalized spacial score (nSPS) is 12.2. The predicted molar refractivity (Wildman–Crippen MR) is 63.2 cm³/mol. The van der Waals surface area contributed by atoms with Crippen molar-refractivity contribution in [3.05, 3.63) is 0 Å². The van der Waals surface area contributed by atoms with E-state index in [0.29, 0.717) is 25.4 Å². The van der Waals surface area contributed by atoms with Gasteiger partial charge in [-0.05, 0) is 12.8 Å². The molecule has 1 amide bonds. The van der Waals surface area contributed by atoms with Crippen LogP contribution in [-0.2, 0) is 9.59 Å². The van der Waals surface area contributed by atoms with Gasteiger partial charge in [0, 0.05) is 19.5 Å². The van der Waals surface area contributed by atoms with Crippen LogP contribution in [0.4, 0.5) is 0 Å². The Kier molecular flexibility index (Phi) is 7.60. The number of amides is 1. The molecule has 1 unspecified atom stereocenters. The van der Waals surface area contributed by atoms with Crippen LogP contribution < -0.4 is 0 Å².